The molecule has 0 saturated carbocycles. The first kappa shape index (κ1) is 13.7. The van der Waals surface area contributed by atoms with Gasteiger partial charge in [0, 0.05) is 20.8 Å². The Labute approximate surface area is 121 Å². The van der Waals surface area contributed by atoms with Crippen molar-refractivity contribution in [1.29, 1.82) is 0 Å². The van der Waals surface area contributed by atoms with Gasteiger partial charge in [0.1, 0.15) is 0 Å². The zero-order valence-corrected chi connectivity index (χ0v) is 12.9. The van der Waals surface area contributed by atoms with Crippen LogP contribution in [0.5, 0.6) is 0 Å². The number of benzene rings is 2. The first-order valence-corrected chi connectivity index (χ1v) is 7.44. The average Bonchev–Trinajstić information content (AvgIpc) is 2.36. The molecule has 2 aromatic carbocycles. The Balaban J connectivity index is 2.36. The van der Waals surface area contributed by atoms with Crippen LogP contribution in [0.25, 0.3) is 0 Å². The van der Waals surface area contributed by atoms with Gasteiger partial charge >= 0.3 is 0 Å². The van der Waals surface area contributed by atoms with Gasteiger partial charge in [-0.1, -0.05) is 39.8 Å². The van der Waals surface area contributed by atoms with Gasteiger partial charge in [0.15, 0.2) is 0 Å². The lowest BCUT2D eigenvalue weighted by molar-refractivity contribution is 1.02. The fourth-order valence-corrected chi connectivity index (χ4v) is 3.27. The van der Waals surface area contributed by atoms with E-state index in [-0.39, 0.29) is 0 Å². The maximum absolute atomic E-state index is 5.81. The van der Waals surface area contributed by atoms with E-state index in [2.05, 4.69) is 66.2 Å². The smallest absolute Gasteiger partial charge is 0.0189 e. The Hall–Kier alpha value is -0.770. The molecule has 0 unspecified atom stereocenters. The van der Waals surface area contributed by atoms with E-state index in [4.69, 9.17) is 5.73 Å². The molecule has 0 bridgehead atoms. The van der Waals surface area contributed by atoms with Gasteiger partial charge in [-0.2, -0.15) is 0 Å². The summed E-state index contributed by atoms with van der Waals surface area (Å²) in [5, 5.41) is 0. The largest absolute Gasteiger partial charge is 0.326 e. The van der Waals surface area contributed by atoms with E-state index in [1.807, 2.05) is 0 Å². The summed E-state index contributed by atoms with van der Waals surface area (Å²) >= 11 is 5.27. The molecule has 0 spiro atoms. The van der Waals surface area contributed by atoms with Crippen LogP contribution in [0.15, 0.2) is 50.7 Å². The van der Waals surface area contributed by atoms with E-state index in [0.29, 0.717) is 6.54 Å². The third-order valence-corrected chi connectivity index (χ3v) is 4.58. The van der Waals surface area contributed by atoms with Crippen molar-refractivity contribution in [3.05, 3.63) is 57.6 Å². The van der Waals surface area contributed by atoms with Crippen molar-refractivity contribution >= 4 is 27.7 Å². The topological polar surface area (TPSA) is 26.0 Å². The zero-order chi connectivity index (χ0) is 13.1. The summed E-state index contributed by atoms with van der Waals surface area (Å²) in [5.74, 6) is 0. The van der Waals surface area contributed by atoms with Crippen molar-refractivity contribution < 1.29 is 0 Å². The summed E-state index contributed by atoms with van der Waals surface area (Å²) < 4.78 is 1.08. The Morgan fingerprint density at radius 3 is 2.56 bits per heavy atom. The highest BCUT2D eigenvalue weighted by Crippen LogP contribution is 2.34. The minimum absolute atomic E-state index is 0.562. The highest BCUT2D eigenvalue weighted by molar-refractivity contribution is 9.10. The van der Waals surface area contributed by atoms with E-state index in [9.17, 15) is 0 Å². The lowest BCUT2D eigenvalue weighted by Gasteiger charge is -2.10. The summed E-state index contributed by atoms with van der Waals surface area (Å²) in [5.41, 5.74) is 9.57. The summed E-state index contributed by atoms with van der Waals surface area (Å²) in [7, 11) is 0. The van der Waals surface area contributed by atoms with E-state index in [0.717, 1.165) is 4.47 Å². The Kier molecular flexibility index (Phi) is 4.49. The van der Waals surface area contributed by atoms with Gasteiger partial charge in [-0.3, -0.25) is 0 Å². The predicted molar refractivity (Wildman–Crippen MR) is 82.1 cm³/mol. The molecule has 0 aliphatic carbocycles. The second-order valence-corrected chi connectivity index (χ2v) is 6.33. The standard InChI is InChI=1S/C15H16BrNS/c1-10-3-4-11(2)15(7-10)18-14-6-5-13(16)8-12(14)9-17/h3-8H,9,17H2,1-2H3. The Bertz CT molecular complexity index is 566. The van der Waals surface area contributed by atoms with Crippen molar-refractivity contribution in [2.75, 3.05) is 0 Å². The molecular formula is C15H16BrNS. The first-order valence-electron chi connectivity index (χ1n) is 5.84. The SMILES string of the molecule is Cc1ccc(C)c(Sc2ccc(Br)cc2CN)c1. The fourth-order valence-electron chi connectivity index (χ4n) is 1.74. The summed E-state index contributed by atoms with van der Waals surface area (Å²) in [4.78, 5) is 2.53. The number of nitrogens with two attached hydrogens (primary N) is 1. The molecule has 2 N–H and O–H groups in total. The normalized spacial score (nSPS) is 10.7. The molecule has 2 rings (SSSR count). The fraction of sp³-hybridized carbons (Fsp3) is 0.200. The summed E-state index contributed by atoms with van der Waals surface area (Å²) in [6, 6.07) is 12.8. The molecule has 2 aromatic rings. The van der Waals surface area contributed by atoms with Gasteiger partial charge in [-0.05, 0) is 54.8 Å². The molecule has 0 amide bonds. The molecule has 1 nitrogen and oxygen atoms in total. The van der Waals surface area contributed by atoms with E-state index >= 15 is 0 Å². The van der Waals surface area contributed by atoms with Crippen molar-refractivity contribution in [1.82, 2.24) is 0 Å². The molecular weight excluding hydrogens is 306 g/mol. The molecule has 94 valence electrons. The van der Waals surface area contributed by atoms with Crippen LogP contribution in [0.3, 0.4) is 0 Å². The second kappa shape index (κ2) is 5.91. The highest BCUT2D eigenvalue weighted by atomic mass is 79.9. The van der Waals surface area contributed by atoms with Crippen LogP contribution in [-0.2, 0) is 6.54 Å². The average molecular weight is 322 g/mol. The maximum Gasteiger partial charge on any atom is 0.0189 e. The van der Waals surface area contributed by atoms with Gasteiger partial charge in [0.2, 0.25) is 0 Å². The number of halogens is 1. The quantitative estimate of drug-likeness (QED) is 0.888. The molecule has 0 aliphatic heterocycles. The number of rotatable bonds is 3. The van der Waals surface area contributed by atoms with Crippen LogP contribution < -0.4 is 5.73 Å². The molecule has 0 heterocycles. The van der Waals surface area contributed by atoms with Gasteiger partial charge in [0.05, 0.1) is 0 Å². The summed E-state index contributed by atoms with van der Waals surface area (Å²) in [6.07, 6.45) is 0. The molecule has 0 aliphatic rings. The van der Waals surface area contributed by atoms with Gasteiger partial charge in [-0.15, -0.1) is 0 Å². The van der Waals surface area contributed by atoms with Crippen LogP contribution >= 0.6 is 27.7 Å². The lowest BCUT2D eigenvalue weighted by atomic mass is 10.2. The van der Waals surface area contributed by atoms with E-state index in [1.165, 1.54) is 26.5 Å². The number of aryl methyl sites for hydroxylation is 2. The Morgan fingerprint density at radius 2 is 1.83 bits per heavy atom. The monoisotopic (exact) mass is 321 g/mol. The van der Waals surface area contributed by atoms with Crippen molar-refractivity contribution in [2.24, 2.45) is 5.73 Å². The van der Waals surface area contributed by atoms with Gasteiger partial charge in [0.25, 0.3) is 0 Å². The zero-order valence-electron chi connectivity index (χ0n) is 10.5. The third kappa shape index (κ3) is 3.16. The predicted octanol–water partition coefficient (Wildman–Crippen LogP) is 4.68. The van der Waals surface area contributed by atoms with Gasteiger partial charge < -0.3 is 5.73 Å². The minimum Gasteiger partial charge on any atom is -0.326 e. The van der Waals surface area contributed by atoms with E-state index < -0.39 is 0 Å². The van der Waals surface area contributed by atoms with Crippen LogP contribution in [0.2, 0.25) is 0 Å². The van der Waals surface area contributed by atoms with Crippen LogP contribution in [0.4, 0.5) is 0 Å². The molecule has 3 heteroatoms. The minimum atomic E-state index is 0.562. The van der Waals surface area contributed by atoms with Crippen molar-refractivity contribution in [2.45, 2.75) is 30.2 Å². The molecule has 0 radical (unpaired) electrons. The maximum atomic E-state index is 5.81. The molecule has 0 fully saturated rings. The molecule has 18 heavy (non-hydrogen) atoms. The van der Waals surface area contributed by atoms with Gasteiger partial charge in [-0.25, -0.2) is 0 Å². The van der Waals surface area contributed by atoms with Crippen LogP contribution in [0, 0.1) is 13.8 Å². The highest BCUT2D eigenvalue weighted by Gasteiger charge is 2.06. The van der Waals surface area contributed by atoms with E-state index in [1.54, 1.807) is 11.8 Å². The summed E-state index contributed by atoms with van der Waals surface area (Å²) in [6.45, 7) is 4.82. The van der Waals surface area contributed by atoms with Crippen LogP contribution in [0.1, 0.15) is 16.7 Å². The number of hydrogen-bond donors (Lipinski definition) is 1. The molecule has 0 saturated heterocycles. The molecule has 0 aromatic heterocycles. The van der Waals surface area contributed by atoms with Crippen molar-refractivity contribution in [3.63, 3.8) is 0 Å². The third-order valence-electron chi connectivity index (χ3n) is 2.81. The second-order valence-electron chi connectivity index (χ2n) is 4.33. The first-order chi connectivity index (χ1) is 8.60. The van der Waals surface area contributed by atoms with Crippen LogP contribution in [-0.4, -0.2) is 0 Å². The lowest BCUT2D eigenvalue weighted by Crippen LogP contribution is -1.98. The van der Waals surface area contributed by atoms with Crippen molar-refractivity contribution in [3.8, 4) is 0 Å². The number of hydrogen-bond acceptors (Lipinski definition) is 2. The Morgan fingerprint density at radius 1 is 1.06 bits per heavy atom. The molecule has 0 atom stereocenters.